The minimum Gasteiger partial charge on any atom is -0.466 e. The van der Waals surface area contributed by atoms with Crippen LogP contribution in [0.25, 0.3) is 0 Å². The molecule has 1 aromatic carbocycles. The van der Waals surface area contributed by atoms with Gasteiger partial charge in [-0.05, 0) is 25.8 Å². The van der Waals surface area contributed by atoms with Crippen molar-refractivity contribution in [2.45, 2.75) is 32.7 Å². The zero-order chi connectivity index (χ0) is 12.5. The maximum Gasteiger partial charge on any atom is 0.307 e. The van der Waals surface area contributed by atoms with Crippen molar-refractivity contribution in [1.82, 2.24) is 5.32 Å². The van der Waals surface area contributed by atoms with Gasteiger partial charge in [-0.3, -0.25) is 4.79 Å². The van der Waals surface area contributed by atoms with Crippen LogP contribution in [0.3, 0.4) is 0 Å². The van der Waals surface area contributed by atoms with Crippen molar-refractivity contribution < 1.29 is 9.53 Å². The molecule has 0 aliphatic rings. The van der Waals surface area contributed by atoms with E-state index in [0.717, 1.165) is 6.42 Å². The number of nitrogens with one attached hydrogen (secondary N) is 1. The van der Waals surface area contributed by atoms with Crippen molar-refractivity contribution in [3.8, 4) is 0 Å². The first-order chi connectivity index (χ1) is 8.22. The van der Waals surface area contributed by atoms with E-state index in [2.05, 4.69) is 24.4 Å². The molecular weight excluding hydrogens is 214 g/mol. The second-order valence-corrected chi connectivity index (χ2v) is 4.10. The first-order valence-electron chi connectivity index (χ1n) is 6.15. The number of benzene rings is 1. The van der Waals surface area contributed by atoms with E-state index in [4.69, 9.17) is 4.74 Å². The van der Waals surface area contributed by atoms with Gasteiger partial charge in [-0.15, -0.1) is 0 Å². The molecule has 0 amide bonds. The predicted octanol–water partition coefficient (Wildman–Crippen LogP) is 2.16. The average Bonchev–Trinajstić information content (AvgIpc) is 2.30. The van der Waals surface area contributed by atoms with E-state index in [1.54, 1.807) is 0 Å². The summed E-state index contributed by atoms with van der Waals surface area (Å²) >= 11 is 0. The smallest absolute Gasteiger partial charge is 0.307 e. The maximum absolute atomic E-state index is 11.1. The molecule has 1 rings (SSSR count). The highest BCUT2D eigenvalue weighted by atomic mass is 16.5. The summed E-state index contributed by atoms with van der Waals surface area (Å²) < 4.78 is 4.86. The average molecular weight is 235 g/mol. The van der Waals surface area contributed by atoms with E-state index in [9.17, 15) is 4.79 Å². The summed E-state index contributed by atoms with van der Waals surface area (Å²) in [5.41, 5.74) is 1.31. The van der Waals surface area contributed by atoms with Gasteiger partial charge in [0, 0.05) is 12.6 Å². The van der Waals surface area contributed by atoms with Crippen LogP contribution < -0.4 is 5.32 Å². The van der Waals surface area contributed by atoms with Crippen LogP contribution >= 0.6 is 0 Å². The van der Waals surface area contributed by atoms with E-state index in [0.29, 0.717) is 25.6 Å². The first-order valence-corrected chi connectivity index (χ1v) is 6.15. The summed E-state index contributed by atoms with van der Waals surface area (Å²) in [5, 5.41) is 3.32. The highest BCUT2D eigenvalue weighted by molar-refractivity contribution is 5.69. The summed E-state index contributed by atoms with van der Waals surface area (Å²) in [5.74, 6) is -0.132. The third-order valence-electron chi connectivity index (χ3n) is 2.51. The molecule has 1 N–H and O–H groups in total. The highest BCUT2D eigenvalue weighted by Crippen LogP contribution is 2.02. The fraction of sp³-hybridized carbons (Fsp3) is 0.500. The van der Waals surface area contributed by atoms with Gasteiger partial charge >= 0.3 is 5.97 Å². The molecule has 0 aliphatic heterocycles. The molecule has 0 radical (unpaired) electrons. The van der Waals surface area contributed by atoms with E-state index < -0.39 is 0 Å². The summed E-state index contributed by atoms with van der Waals surface area (Å²) in [6.07, 6.45) is 1.41. The fourth-order valence-corrected chi connectivity index (χ4v) is 1.69. The van der Waals surface area contributed by atoms with E-state index in [1.165, 1.54) is 5.56 Å². The van der Waals surface area contributed by atoms with E-state index in [-0.39, 0.29) is 5.97 Å². The molecule has 0 saturated carbocycles. The standard InChI is InChI=1S/C14H21NO2/c1-3-17-14(16)9-10-15-12(2)11-13-7-5-4-6-8-13/h4-8,12,15H,3,9-11H2,1-2H3/t12-/m1/s1. The number of ether oxygens (including phenoxy) is 1. The molecule has 3 nitrogen and oxygen atoms in total. The maximum atomic E-state index is 11.1. The van der Waals surface area contributed by atoms with Crippen molar-refractivity contribution in [2.75, 3.05) is 13.2 Å². The molecule has 0 unspecified atom stereocenters. The Bertz CT molecular complexity index is 324. The number of hydrogen-bond acceptors (Lipinski definition) is 3. The lowest BCUT2D eigenvalue weighted by atomic mass is 10.1. The summed E-state index contributed by atoms with van der Waals surface area (Å²) in [7, 11) is 0. The quantitative estimate of drug-likeness (QED) is 0.736. The minimum absolute atomic E-state index is 0.132. The van der Waals surface area contributed by atoms with Crippen LogP contribution in [0.15, 0.2) is 30.3 Å². The number of carbonyl (C=O) groups is 1. The summed E-state index contributed by atoms with van der Waals surface area (Å²) in [4.78, 5) is 11.1. The van der Waals surface area contributed by atoms with Crippen LogP contribution in [0.1, 0.15) is 25.8 Å². The van der Waals surface area contributed by atoms with Crippen LogP contribution in [-0.2, 0) is 16.0 Å². The van der Waals surface area contributed by atoms with Crippen LogP contribution in [0.2, 0.25) is 0 Å². The van der Waals surface area contributed by atoms with Gasteiger partial charge in [0.05, 0.1) is 13.0 Å². The monoisotopic (exact) mass is 235 g/mol. The molecule has 1 aromatic rings. The zero-order valence-electron chi connectivity index (χ0n) is 10.6. The Morgan fingerprint density at radius 3 is 2.71 bits per heavy atom. The molecule has 94 valence electrons. The molecule has 0 aliphatic carbocycles. The van der Waals surface area contributed by atoms with Gasteiger partial charge in [-0.1, -0.05) is 30.3 Å². The van der Waals surface area contributed by atoms with Crippen LogP contribution in [-0.4, -0.2) is 25.2 Å². The van der Waals surface area contributed by atoms with Gasteiger partial charge in [0.2, 0.25) is 0 Å². The third-order valence-corrected chi connectivity index (χ3v) is 2.51. The Labute approximate surface area is 103 Å². The van der Waals surface area contributed by atoms with Crippen LogP contribution in [0, 0.1) is 0 Å². The summed E-state index contributed by atoms with van der Waals surface area (Å²) in [6.45, 7) is 5.08. The molecule has 0 spiro atoms. The van der Waals surface area contributed by atoms with Crippen molar-refractivity contribution in [2.24, 2.45) is 0 Å². The SMILES string of the molecule is CCOC(=O)CCN[C@H](C)Cc1ccccc1. The minimum atomic E-state index is -0.132. The number of esters is 1. The molecular formula is C14H21NO2. The second-order valence-electron chi connectivity index (χ2n) is 4.10. The van der Waals surface area contributed by atoms with Gasteiger partial charge in [0.15, 0.2) is 0 Å². The van der Waals surface area contributed by atoms with Crippen LogP contribution in [0.5, 0.6) is 0 Å². The van der Waals surface area contributed by atoms with E-state index >= 15 is 0 Å². The number of carbonyl (C=O) groups excluding carboxylic acids is 1. The Hall–Kier alpha value is -1.35. The van der Waals surface area contributed by atoms with Crippen molar-refractivity contribution in [3.63, 3.8) is 0 Å². The number of rotatable bonds is 7. The predicted molar refractivity (Wildman–Crippen MR) is 68.9 cm³/mol. The van der Waals surface area contributed by atoms with Gasteiger partial charge in [0.25, 0.3) is 0 Å². The molecule has 3 heteroatoms. The largest absolute Gasteiger partial charge is 0.466 e. The van der Waals surface area contributed by atoms with Gasteiger partial charge in [0.1, 0.15) is 0 Å². The van der Waals surface area contributed by atoms with Crippen LogP contribution in [0.4, 0.5) is 0 Å². The second kappa shape index (κ2) is 7.85. The Kier molecular flexibility index (Phi) is 6.33. The lowest BCUT2D eigenvalue weighted by molar-refractivity contribution is -0.142. The van der Waals surface area contributed by atoms with Crippen molar-refractivity contribution in [1.29, 1.82) is 0 Å². The molecule has 17 heavy (non-hydrogen) atoms. The van der Waals surface area contributed by atoms with Gasteiger partial charge < -0.3 is 10.1 Å². The topological polar surface area (TPSA) is 38.3 Å². The lowest BCUT2D eigenvalue weighted by Crippen LogP contribution is -2.30. The molecule has 0 bridgehead atoms. The Morgan fingerprint density at radius 2 is 2.06 bits per heavy atom. The summed E-state index contributed by atoms with van der Waals surface area (Å²) in [6, 6.07) is 10.7. The van der Waals surface area contributed by atoms with Gasteiger partial charge in [-0.2, -0.15) is 0 Å². The normalized spacial score (nSPS) is 12.1. The van der Waals surface area contributed by atoms with Gasteiger partial charge in [-0.25, -0.2) is 0 Å². The van der Waals surface area contributed by atoms with E-state index in [1.807, 2.05) is 25.1 Å². The fourth-order valence-electron chi connectivity index (χ4n) is 1.69. The van der Waals surface area contributed by atoms with Crippen molar-refractivity contribution in [3.05, 3.63) is 35.9 Å². The molecule has 0 heterocycles. The van der Waals surface area contributed by atoms with Crippen molar-refractivity contribution >= 4 is 5.97 Å². The lowest BCUT2D eigenvalue weighted by Gasteiger charge is -2.13. The highest BCUT2D eigenvalue weighted by Gasteiger charge is 2.05. The zero-order valence-corrected chi connectivity index (χ0v) is 10.6. The number of hydrogen-bond donors (Lipinski definition) is 1. The molecule has 1 atom stereocenters. The molecule has 0 fully saturated rings. The molecule has 0 aromatic heterocycles. The first kappa shape index (κ1) is 13.7. The Morgan fingerprint density at radius 1 is 1.35 bits per heavy atom. The Balaban J connectivity index is 2.17. The molecule has 0 saturated heterocycles. The third kappa shape index (κ3) is 6.07.